The number of hydrogen-bond donors (Lipinski definition) is 2. The van der Waals surface area contributed by atoms with Gasteiger partial charge in [0.2, 0.25) is 5.91 Å². The zero-order chi connectivity index (χ0) is 43.9. The molecular formula is C46H59FN8O6. The highest BCUT2D eigenvalue weighted by Crippen LogP contribution is 2.32. The lowest BCUT2D eigenvalue weighted by Crippen LogP contribution is -2.50. The third-order valence-corrected chi connectivity index (χ3v) is 11.1. The number of rotatable bonds is 12. The summed E-state index contributed by atoms with van der Waals surface area (Å²) in [5.74, 6) is -0.555. The predicted octanol–water partition coefficient (Wildman–Crippen LogP) is 8.51. The van der Waals surface area contributed by atoms with Gasteiger partial charge in [-0.25, -0.2) is 24.0 Å². The second-order valence-electron chi connectivity index (χ2n) is 18.2. The number of pyridine rings is 1. The number of aliphatic imine (C=N–C) groups is 1. The molecule has 1 atom stereocenters. The minimum atomic E-state index is -0.709. The summed E-state index contributed by atoms with van der Waals surface area (Å²) in [6, 6.07) is 14.3. The van der Waals surface area contributed by atoms with Crippen LogP contribution in [0.2, 0.25) is 0 Å². The average Bonchev–Trinajstić information content (AvgIpc) is 3.74. The van der Waals surface area contributed by atoms with Crippen LogP contribution in [-0.4, -0.2) is 90.2 Å². The molecule has 6 rings (SSSR count). The number of hydrogen-bond acceptors (Lipinski definition) is 11. The van der Waals surface area contributed by atoms with Crippen molar-refractivity contribution in [2.24, 2.45) is 33.0 Å². The van der Waals surface area contributed by atoms with Gasteiger partial charge in [-0.15, -0.1) is 5.11 Å². The van der Waals surface area contributed by atoms with Crippen molar-refractivity contribution >= 4 is 41.2 Å². The number of benzene rings is 2. The van der Waals surface area contributed by atoms with E-state index in [4.69, 9.17) is 14.5 Å². The molecule has 3 aliphatic rings. The highest BCUT2D eigenvalue weighted by Gasteiger charge is 2.32. The van der Waals surface area contributed by atoms with E-state index in [1.165, 1.54) is 12.1 Å². The molecule has 2 aliphatic heterocycles. The number of azo groups is 1. The molecule has 2 N–H and O–H groups in total. The molecule has 3 aromatic rings. The van der Waals surface area contributed by atoms with E-state index < -0.39 is 29.0 Å². The van der Waals surface area contributed by atoms with E-state index in [0.717, 1.165) is 40.9 Å². The van der Waals surface area contributed by atoms with Crippen molar-refractivity contribution in [3.05, 3.63) is 77.2 Å². The Morgan fingerprint density at radius 1 is 0.869 bits per heavy atom. The Hall–Kier alpha value is -5.73. The van der Waals surface area contributed by atoms with E-state index in [1.807, 2.05) is 78.9 Å². The zero-order valence-corrected chi connectivity index (χ0v) is 36.4. The van der Waals surface area contributed by atoms with E-state index in [-0.39, 0.29) is 59.8 Å². The average molecular weight is 839 g/mol. The molecule has 2 fully saturated rings. The number of nitrogens with zero attached hydrogens (tertiary/aromatic N) is 6. The number of nitrogens with one attached hydrogen (secondary N) is 2. The normalized spacial score (nSPS) is 18.6. The highest BCUT2D eigenvalue weighted by molar-refractivity contribution is 6.01. The van der Waals surface area contributed by atoms with Crippen LogP contribution < -0.4 is 15.5 Å². The SMILES string of the molecule is Cc1cc(N2CCN(C(=O)OC(C)(C)C)CC2)ncc1-c1ccc(C[C@H](CC(=O)C2CCC(CNC(=O)OC(C)(C)C)CC2)C(=O)Nc2ccc(C3=NCN=N3)c(F)c2)cc1. The lowest BCUT2D eigenvalue weighted by Gasteiger charge is -2.36. The first-order valence-electron chi connectivity index (χ1n) is 21.2. The fourth-order valence-electron chi connectivity index (χ4n) is 7.85. The smallest absolute Gasteiger partial charge is 0.410 e. The molecule has 2 aromatic carbocycles. The summed E-state index contributed by atoms with van der Waals surface area (Å²) in [6.07, 6.45) is 4.35. The van der Waals surface area contributed by atoms with Crippen molar-refractivity contribution in [3.8, 4) is 11.1 Å². The Morgan fingerprint density at radius 3 is 2.16 bits per heavy atom. The fraction of sp³-hybridized carbons (Fsp3) is 0.522. The molecule has 0 unspecified atom stereocenters. The lowest BCUT2D eigenvalue weighted by molar-refractivity contribution is -0.129. The zero-order valence-electron chi connectivity index (χ0n) is 36.4. The number of piperazine rings is 1. The second kappa shape index (κ2) is 19.3. The number of aryl methyl sites for hydroxylation is 1. The maximum Gasteiger partial charge on any atom is 0.410 e. The predicted molar refractivity (Wildman–Crippen MR) is 232 cm³/mol. The Kier molecular flexibility index (Phi) is 14.2. The second-order valence-corrected chi connectivity index (χ2v) is 18.2. The van der Waals surface area contributed by atoms with Gasteiger partial charge in [-0.1, -0.05) is 24.3 Å². The van der Waals surface area contributed by atoms with Crippen molar-refractivity contribution in [2.45, 2.75) is 98.2 Å². The molecule has 1 saturated carbocycles. The van der Waals surface area contributed by atoms with E-state index in [2.05, 4.69) is 36.8 Å². The van der Waals surface area contributed by atoms with Crippen molar-refractivity contribution < 1.29 is 33.0 Å². The minimum absolute atomic E-state index is 0.0227. The van der Waals surface area contributed by atoms with Crippen molar-refractivity contribution in [2.75, 3.05) is 49.6 Å². The van der Waals surface area contributed by atoms with Crippen molar-refractivity contribution in [1.29, 1.82) is 0 Å². The van der Waals surface area contributed by atoms with Crippen LogP contribution in [0.1, 0.15) is 90.3 Å². The Balaban J connectivity index is 1.10. The summed E-state index contributed by atoms with van der Waals surface area (Å²) in [5.41, 5.74) is 3.20. The van der Waals surface area contributed by atoms with Gasteiger partial charge in [0.25, 0.3) is 0 Å². The molecule has 3 amide bonds. The van der Waals surface area contributed by atoms with E-state index in [0.29, 0.717) is 52.0 Å². The van der Waals surface area contributed by atoms with Gasteiger partial charge >= 0.3 is 12.2 Å². The summed E-state index contributed by atoms with van der Waals surface area (Å²) in [4.78, 5) is 65.3. The number of carbonyl (C=O) groups excluding carboxylic acids is 4. The maximum absolute atomic E-state index is 15.1. The summed E-state index contributed by atoms with van der Waals surface area (Å²) in [6.45, 7) is 16.1. The third-order valence-electron chi connectivity index (χ3n) is 11.1. The summed E-state index contributed by atoms with van der Waals surface area (Å²) < 4.78 is 26.0. The standard InChI is InChI=1S/C46H59FN8O6/c1-29-22-40(54-18-20-55(21-19-54)44(59)61-46(5,6)7)48-27-37(29)32-12-8-30(9-13-32)23-34(42(57)52-35-16-17-36(38(47)25-35)41-50-28-51-53-41)24-39(56)33-14-10-31(11-15-33)26-49-43(58)60-45(2,3)4/h8-9,12-13,16-17,22,25,27,31,33-34H,10-11,14-15,18-21,23-24,26,28H2,1-7H3,(H,49,58)(H,52,57)/t31?,33?,34-/m1/s1. The molecule has 14 nitrogen and oxygen atoms in total. The molecule has 0 radical (unpaired) electrons. The number of amidine groups is 1. The van der Waals surface area contributed by atoms with Gasteiger partial charge in [-0.05, 0) is 127 Å². The third kappa shape index (κ3) is 12.6. The van der Waals surface area contributed by atoms with Crippen LogP contribution in [0.4, 0.5) is 25.5 Å². The van der Waals surface area contributed by atoms with Gasteiger partial charge in [-0.2, -0.15) is 5.11 Å². The molecule has 1 aromatic heterocycles. The summed E-state index contributed by atoms with van der Waals surface area (Å²) in [7, 11) is 0. The van der Waals surface area contributed by atoms with Gasteiger partial charge in [0.05, 0.1) is 5.56 Å². The number of alkyl carbamates (subject to hydrolysis) is 1. The van der Waals surface area contributed by atoms with Crippen LogP contribution >= 0.6 is 0 Å². The number of aromatic nitrogens is 1. The lowest BCUT2D eigenvalue weighted by atomic mass is 9.77. The number of ketones is 1. The molecule has 0 spiro atoms. The number of anilines is 2. The number of carbonyl (C=O) groups is 4. The van der Waals surface area contributed by atoms with E-state index in [9.17, 15) is 19.2 Å². The van der Waals surface area contributed by atoms with Crippen LogP contribution in [0.5, 0.6) is 0 Å². The van der Waals surface area contributed by atoms with Crippen LogP contribution in [0.15, 0.2) is 69.9 Å². The molecule has 3 heterocycles. The first-order chi connectivity index (χ1) is 28.9. The molecule has 15 heteroatoms. The van der Waals surface area contributed by atoms with Crippen LogP contribution in [-0.2, 0) is 25.5 Å². The van der Waals surface area contributed by atoms with Crippen LogP contribution in [0.25, 0.3) is 11.1 Å². The first-order valence-corrected chi connectivity index (χ1v) is 21.2. The molecule has 1 aliphatic carbocycles. The van der Waals surface area contributed by atoms with Gasteiger partial charge < -0.3 is 29.9 Å². The first kappa shape index (κ1) is 44.8. The number of amides is 3. The van der Waals surface area contributed by atoms with E-state index >= 15 is 4.39 Å². The van der Waals surface area contributed by atoms with Crippen molar-refractivity contribution in [1.82, 2.24) is 15.2 Å². The maximum atomic E-state index is 15.1. The quantitative estimate of drug-likeness (QED) is 0.183. The molecule has 326 valence electrons. The Labute approximate surface area is 357 Å². The Bertz CT molecular complexity index is 2130. The molecule has 0 bridgehead atoms. The van der Waals surface area contributed by atoms with Crippen LogP contribution in [0, 0.1) is 30.5 Å². The fourth-order valence-corrected chi connectivity index (χ4v) is 7.85. The van der Waals surface area contributed by atoms with Crippen molar-refractivity contribution in [3.63, 3.8) is 0 Å². The van der Waals surface area contributed by atoms with Gasteiger partial charge in [-0.3, -0.25) is 9.59 Å². The Morgan fingerprint density at radius 2 is 1.56 bits per heavy atom. The van der Waals surface area contributed by atoms with Gasteiger partial charge in [0.15, 0.2) is 12.5 Å². The molecule has 61 heavy (non-hydrogen) atoms. The number of ether oxygens (including phenoxy) is 2. The molecular weight excluding hydrogens is 780 g/mol. The highest BCUT2D eigenvalue weighted by atomic mass is 19.1. The topological polar surface area (TPSA) is 167 Å². The molecule has 1 saturated heterocycles. The number of Topliss-reactive ketones (excluding diaryl/α,β-unsaturated/α-hetero) is 1. The van der Waals surface area contributed by atoms with Gasteiger partial charge in [0, 0.05) is 68.4 Å². The monoisotopic (exact) mass is 838 g/mol. The van der Waals surface area contributed by atoms with Gasteiger partial charge in [0.1, 0.15) is 28.6 Å². The summed E-state index contributed by atoms with van der Waals surface area (Å²) in [5, 5.41) is 13.4. The van der Waals surface area contributed by atoms with E-state index in [1.54, 1.807) is 11.0 Å². The van der Waals surface area contributed by atoms with Crippen LogP contribution in [0.3, 0.4) is 0 Å². The summed E-state index contributed by atoms with van der Waals surface area (Å²) >= 11 is 0. The minimum Gasteiger partial charge on any atom is -0.444 e. The largest absolute Gasteiger partial charge is 0.444 e. The number of halogens is 1.